The molecule has 3 rings (SSSR count). The number of nitrogens with one attached hydrogen (secondary N) is 1. The highest BCUT2D eigenvalue weighted by molar-refractivity contribution is 6.15. The van der Waals surface area contributed by atoms with Crippen LogP contribution >= 0.6 is 0 Å². The zero-order valence-electron chi connectivity index (χ0n) is 11.1. The Kier molecular flexibility index (Phi) is 3.32. The molecule has 112 valence electrons. The molecule has 0 saturated carbocycles. The quantitative estimate of drug-likeness (QED) is 0.824. The minimum Gasteiger partial charge on any atom is -0.323 e. The zero-order valence-corrected chi connectivity index (χ0v) is 11.1. The molecular weight excluding hydrogens is 297 g/mol. The van der Waals surface area contributed by atoms with Crippen molar-refractivity contribution < 1.29 is 22.8 Å². The number of fused-ring (bicyclic) bond motifs is 1. The molecule has 0 aliphatic carbocycles. The van der Waals surface area contributed by atoms with Gasteiger partial charge in [-0.15, -0.1) is 0 Å². The van der Waals surface area contributed by atoms with Crippen molar-refractivity contribution >= 4 is 23.2 Å². The maximum Gasteiger partial charge on any atom is 0.261 e. The van der Waals surface area contributed by atoms with Crippen molar-refractivity contribution in [1.29, 1.82) is 0 Å². The van der Waals surface area contributed by atoms with E-state index < -0.39 is 34.8 Å². The lowest BCUT2D eigenvalue weighted by molar-refractivity contribution is -0.115. The smallest absolute Gasteiger partial charge is 0.261 e. The molecule has 0 atom stereocenters. The minimum atomic E-state index is -1.72. The fourth-order valence-corrected chi connectivity index (χ4v) is 2.25. The third-order valence-electron chi connectivity index (χ3n) is 3.28. The maximum absolute atomic E-state index is 13.8. The molecule has 0 bridgehead atoms. The van der Waals surface area contributed by atoms with E-state index in [2.05, 4.69) is 5.32 Å². The van der Waals surface area contributed by atoms with E-state index in [0.717, 1.165) is 11.0 Å². The molecule has 1 N–H and O–H groups in total. The highest BCUT2D eigenvalue weighted by atomic mass is 19.2. The maximum atomic E-state index is 13.8. The predicted octanol–water partition coefficient (Wildman–Crippen LogP) is 2.70. The number of anilines is 2. The first-order chi connectivity index (χ1) is 10.5. The molecule has 0 saturated heterocycles. The molecule has 1 aliphatic rings. The summed E-state index contributed by atoms with van der Waals surface area (Å²) >= 11 is 0. The summed E-state index contributed by atoms with van der Waals surface area (Å²) in [7, 11) is 0. The van der Waals surface area contributed by atoms with Crippen molar-refractivity contribution in [3.8, 4) is 0 Å². The van der Waals surface area contributed by atoms with Gasteiger partial charge in [0.05, 0.1) is 16.9 Å². The Hall–Kier alpha value is -2.83. The lowest BCUT2D eigenvalue weighted by Crippen LogP contribution is -2.42. The van der Waals surface area contributed by atoms with Crippen LogP contribution in [0.1, 0.15) is 10.4 Å². The molecular formula is C15H9F3N2O2. The Balaban J connectivity index is 2.07. The van der Waals surface area contributed by atoms with E-state index in [1.54, 1.807) is 24.3 Å². The summed E-state index contributed by atoms with van der Waals surface area (Å²) in [6.45, 7) is -0.339. The molecule has 2 amide bonds. The number of para-hydroxylation sites is 2. The van der Waals surface area contributed by atoms with E-state index >= 15 is 0 Å². The topological polar surface area (TPSA) is 49.4 Å². The molecule has 1 aliphatic heterocycles. The number of hydrogen-bond donors (Lipinski definition) is 1. The molecule has 1 heterocycles. The SMILES string of the molecule is O=C1CN(C(=O)c2ccc(F)c(F)c2F)c2ccccc2N1. The van der Waals surface area contributed by atoms with Gasteiger partial charge in [-0.25, -0.2) is 13.2 Å². The largest absolute Gasteiger partial charge is 0.323 e. The molecule has 7 heteroatoms. The van der Waals surface area contributed by atoms with E-state index in [1.807, 2.05) is 0 Å². The number of nitrogens with zero attached hydrogens (tertiary/aromatic N) is 1. The van der Waals surface area contributed by atoms with Crippen molar-refractivity contribution in [2.75, 3.05) is 16.8 Å². The fraction of sp³-hybridized carbons (Fsp3) is 0.0667. The zero-order chi connectivity index (χ0) is 15.9. The summed E-state index contributed by atoms with van der Waals surface area (Å²) in [5, 5.41) is 2.57. The van der Waals surface area contributed by atoms with Crippen LogP contribution in [0, 0.1) is 17.5 Å². The lowest BCUT2D eigenvalue weighted by atomic mass is 10.1. The van der Waals surface area contributed by atoms with Crippen LogP contribution in [0.5, 0.6) is 0 Å². The average molecular weight is 306 g/mol. The summed E-state index contributed by atoms with van der Waals surface area (Å²) in [5.41, 5.74) is 0.106. The fourth-order valence-electron chi connectivity index (χ4n) is 2.25. The molecule has 0 fully saturated rings. The summed E-state index contributed by atoms with van der Waals surface area (Å²) in [5.74, 6) is -6.06. The summed E-state index contributed by atoms with van der Waals surface area (Å²) in [6.07, 6.45) is 0. The highest BCUT2D eigenvalue weighted by Gasteiger charge is 2.30. The Bertz CT molecular complexity index is 792. The van der Waals surface area contributed by atoms with E-state index in [-0.39, 0.29) is 6.54 Å². The van der Waals surface area contributed by atoms with Crippen LogP contribution < -0.4 is 10.2 Å². The standard InChI is InChI=1S/C15H9F3N2O2/c16-9-6-5-8(13(17)14(9)18)15(22)20-7-12(21)19-10-3-1-2-4-11(10)20/h1-6H,7H2,(H,19,21). The Morgan fingerprint density at radius 1 is 1.05 bits per heavy atom. The van der Waals surface area contributed by atoms with E-state index in [1.165, 1.54) is 0 Å². The second kappa shape index (κ2) is 5.18. The van der Waals surface area contributed by atoms with Crippen LogP contribution in [0.25, 0.3) is 0 Å². The minimum absolute atomic E-state index is 0.339. The first kappa shape index (κ1) is 14.1. The van der Waals surface area contributed by atoms with Crippen LogP contribution in [0.4, 0.5) is 24.5 Å². The second-order valence-corrected chi connectivity index (χ2v) is 4.68. The average Bonchev–Trinajstić information content (AvgIpc) is 2.51. The van der Waals surface area contributed by atoms with Gasteiger partial charge >= 0.3 is 0 Å². The number of hydrogen-bond acceptors (Lipinski definition) is 2. The molecule has 0 spiro atoms. The van der Waals surface area contributed by atoms with E-state index in [0.29, 0.717) is 17.4 Å². The van der Waals surface area contributed by atoms with Gasteiger partial charge in [0.1, 0.15) is 6.54 Å². The second-order valence-electron chi connectivity index (χ2n) is 4.68. The van der Waals surface area contributed by atoms with Gasteiger partial charge in [0.15, 0.2) is 17.5 Å². The van der Waals surface area contributed by atoms with Crippen molar-refractivity contribution in [2.24, 2.45) is 0 Å². The number of benzene rings is 2. The number of halogens is 3. The van der Waals surface area contributed by atoms with Crippen molar-refractivity contribution in [1.82, 2.24) is 0 Å². The van der Waals surface area contributed by atoms with Crippen LogP contribution in [0.15, 0.2) is 36.4 Å². The number of carbonyl (C=O) groups excluding carboxylic acids is 2. The van der Waals surface area contributed by atoms with Crippen LogP contribution in [-0.4, -0.2) is 18.4 Å². The van der Waals surface area contributed by atoms with Crippen LogP contribution in [0.3, 0.4) is 0 Å². The van der Waals surface area contributed by atoms with Gasteiger partial charge in [0.2, 0.25) is 5.91 Å². The normalized spacial score (nSPS) is 13.6. The Morgan fingerprint density at radius 2 is 1.77 bits per heavy atom. The molecule has 0 radical (unpaired) electrons. The van der Waals surface area contributed by atoms with Crippen molar-refractivity contribution in [2.45, 2.75) is 0 Å². The molecule has 22 heavy (non-hydrogen) atoms. The third kappa shape index (κ3) is 2.20. The van der Waals surface area contributed by atoms with E-state index in [9.17, 15) is 22.8 Å². The highest BCUT2D eigenvalue weighted by Crippen LogP contribution is 2.30. The van der Waals surface area contributed by atoms with Gasteiger partial charge in [0.25, 0.3) is 5.91 Å². The van der Waals surface area contributed by atoms with Gasteiger partial charge in [-0.05, 0) is 24.3 Å². The molecule has 0 aromatic heterocycles. The molecule has 2 aromatic rings. The van der Waals surface area contributed by atoms with Crippen molar-refractivity contribution in [3.63, 3.8) is 0 Å². The van der Waals surface area contributed by atoms with Gasteiger partial charge in [-0.1, -0.05) is 12.1 Å². The summed E-state index contributed by atoms with van der Waals surface area (Å²) in [6, 6.07) is 7.95. The molecule has 0 unspecified atom stereocenters. The Labute approximate surface area is 123 Å². The lowest BCUT2D eigenvalue weighted by Gasteiger charge is -2.29. The first-order valence-corrected chi connectivity index (χ1v) is 6.33. The van der Waals surface area contributed by atoms with Gasteiger partial charge in [-0.3, -0.25) is 14.5 Å². The summed E-state index contributed by atoms with van der Waals surface area (Å²) in [4.78, 5) is 25.1. The number of amides is 2. The van der Waals surface area contributed by atoms with Gasteiger partial charge in [-0.2, -0.15) is 0 Å². The third-order valence-corrected chi connectivity index (χ3v) is 3.28. The van der Waals surface area contributed by atoms with Gasteiger partial charge < -0.3 is 5.32 Å². The number of carbonyl (C=O) groups is 2. The molecule has 4 nitrogen and oxygen atoms in total. The number of rotatable bonds is 1. The summed E-state index contributed by atoms with van der Waals surface area (Å²) < 4.78 is 40.0. The Morgan fingerprint density at radius 3 is 2.55 bits per heavy atom. The van der Waals surface area contributed by atoms with Crippen LogP contribution in [0.2, 0.25) is 0 Å². The van der Waals surface area contributed by atoms with Gasteiger partial charge in [0, 0.05) is 0 Å². The monoisotopic (exact) mass is 306 g/mol. The van der Waals surface area contributed by atoms with Crippen molar-refractivity contribution in [3.05, 3.63) is 59.4 Å². The van der Waals surface area contributed by atoms with E-state index in [4.69, 9.17) is 0 Å². The van der Waals surface area contributed by atoms with Crippen LogP contribution in [-0.2, 0) is 4.79 Å². The molecule has 2 aromatic carbocycles. The predicted molar refractivity (Wildman–Crippen MR) is 73.1 cm³/mol. The first-order valence-electron chi connectivity index (χ1n) is 6.33.